The molecule has 1 unspecified atom stereocenters. The summed E-state index contributed by atoms with van der Waals surface area (Å²) in [5.74, 6) is 1.55. The highest BCUT2D eigenvalue weighted by atomic mass is 16.5. The third-order valence-electron chi connectivity index (χ3n) is 6.25. The number of rotatable bonds is 7. The number of hydrogen-bond donors (Lipinski definition) is 1. The van der Waals surface area contributed by atoms with Crippen LogP contribution in [0.3, 0.4) is 0 Å². The van der Waals surface area contributed by atoms with Gasteiger partial charge in [-0.15, -0.1) is 0 Å². The summed E-state index contributed by atoms with van der Waals surface area (Å²) in [6.45, 7) is 2.90. The molecule has 1 aliphatic rings. The van der Waals surface area contributed by atoms with Crippen LogP contribution in [0.15, 0.2) is 97.1 Å². The molecule has 35 heavy (non-hydrogen) atoms. The molecule has 0 saturated heterocycles. The Morgan fingerprint density at radius 1 is 0.886 bits per heavy atom. The van der Waals surface area contributed by atoms with Crippen molar-refractivity contribution >= 4 is 11.6 Å². The summed E-state index contributed by atoms with van der Waals surface area (Å²) in [5.41, 5.74) is 5.65. The maximum Gasteiger partial charge on any atom is 0.258 e. The number of aryl methyl sites for hydroxylation is 1. The number of carbonyl (C=O) groups excluding carboxylic acids is 1. The fourth-order valence-electron chi connectivity index (χ4n) is 4.38. The third-order valence-corrected chi connectivity index (χ3v) is 6.25. The summed E-state index contributed by atoms with van der Waals surface area (Å²) in [7, 11) is 1.66. The Hall–Kier alpha value is -4.25. The minimum atomic E-state index is -0.332. The van der Waals surface area contributed by atoms with Crippen LogP contribution in [0.5, 0.6) is 11.5 Å². The molecule has 0 bridgehead atoms. The predicted molar refractivity (Wildman–Crippen MR) is 138 cm³/mol. The van der Waals surface area contributed by atoms with Gasteiger partial charge in [-0.25, -0.2) is 0 Å². The van der Waals surface area contributed by atoms with Crippen LogP contribution in [-0.2, 0) is 13.2 Å². The van der Waals surface area contributed by atoms with Crippen molar-refractivity contribution < 1.29 is 14.3 Å². The van der Waals surface area contributed by atoms with Crippen LogP contribution in [0, 0.1) is 6.92 Å². The first kappa shape index (κ1) is 22.5. The fourth-order valence-corrected chi connectivity index (χ4v) is 4.38. The average Bonchev–Trinajstić information content (AvgIpc) is 2.90. The van der Waals surface area contributed by atoms with Crippen molar-refractivity contribution in [3.8, 4) is 11.5 Å². The maximum atomic E-state index is 13.6. The molecule has 4 aromatic rings. The van der Waals surface area contributed by atoms with E-state index in [9.17, 15) is 4.79 Å². The zero-order valence-corrected chi connectivity index (χ0v) is 19.9. The van der Waals surface area contributed by atoms with Gasteiger partial charge in [0.1, 0.15) is 24.3 Å². The number of nitrogens with one attached hydrogen (secondary N) is 1. The minimum absolute atomic E-state index is 0.00137. The van der Waals surface area contributed by atoms with E-state index in [2.05, 4.69) is 11.4 Å². The second-order valence-corrected chi connectivity index (χ2v) is 8.68. The Labute approximate surface area is 205 Å². The molecule has 0 aliphatic carbocycles. The van der Waals surface area contributed by atoms with Crippen LogP contribution in [0.4, 0.5) is 5.69 Å². The van der Waals surface area contributed by atoms with Gasteiger partial charge < -0.3 is 19.7 Å². The molecule has 0 saturated carbocycles. The number of para-hydroxylation sites is 1. The smallest absolute Gasteiger partial charge is 0.258 e. The number of nitrogens with zero attached hydrogens (tertiary/aromatic N) is 1. The molecule has 1 atom stereocenters. The Kier molecular flexibility index (Phi) is 6.40. The minimum Gasteiger partial charge on any atom is -0.496 e. The van der Waals surface area contributed by atoms with Gasteiger partial charge in [-0.1, -0.05) is 66.2 Å². The number of amides is 1. The molecule has 4 aromatic carbocycles. The Balaban J connectivity index is 1.48. The first-order valence-corrected chi connectivity index (χ1v) is 11.7. The van der Waals surface area contributed by atoms with Gasteiger partial charge in [0.15, 0.2) is 0 Å². The van der Waals surface area contributed by atoms with E-state index in [4.69, 9.17) is 9.47 Å². The first-order chi connectivity index (χ1) is 17.1. The van der Waals surface area contributed by atoms with E-state index in [1.54, 1.807) is 7.11 Å². The quantitative estimate of drug-likeness (QED) is 0.346. The zero-order chi connectivity index (χ0) is 24.2. The lowest BCUT2D eigenvalue weighted by Crippen LogP contribution is -2.42. The fraction of sp³-hybridized carbons (Fsp3) is 0.167. The number of carbonyl (C=O) groups is 1. The van der Waals surface area contributed by atoms with Gasteiger partial charge in [0.05, 0.1) is 12.7 Å². The Morgan fingerprint density at radius 2 is 1.63 bits per heavy atom. The van der Waals surface area contributed by atoms with Crippen molar-refractivity contribution in [3.05, 3.63) is 125 Å². The van der Waals surface area contributed by atoms with Crippen LogP contribution in [0.1, 0.15) is 38.8 Å². The van der Waals surface area contributed by atoms with Crippen molar-refractivity contribution in [2.24, 2.45) is 0 Å². The lowest BCUT2D eigenvalue weighted by atomic mass is 10.0. The largest absolute Gasteiger partial charge is 0.496 e. The number of benzene rings is 4. The molecule has 5 heteroatoms. The van der Waals surface area contributed by atoms with Crippen molar-refractivity contribution in [2.75, 3.05) is 12.4 Å². The van der Waals surface area contributed by atoms with Gasteiger partial charge in [-0.05, 0) is 54.4 Å². The first-order valence-electron chi connectivity index (χ1n) is 11.7. The van der Waals surface area contributed by atoms with Gasteiger partial charge >= 0.3 is 0 Å². The van der Waals surface area contributed by atoms with E-state index in [-0.39, 0.29) is 12.1 Å². The van der Waals surface area contributed by atoms with Crippen LogP contribution in [0.2, 0.25) is 0 Å². The number of ether oxygens (including phenoxy) is 2. The van der Waals surface area contributed by atoms with E-state index < -0.39 is 0 Å². The highest BCUT2D eigenvalue weighted by molar-refractivity contribution is 6.01. The standard InChI is InChI=1S/C30H28N2O3/c1-21-12-15-25(16-13-21)35-20-24-18-23(14-17-28(24)34-2)29-31-27-11-7-6-10-26(27)30(33)32(29)19-22-8-4-3-5-9-22/h3-18,29,31H,19-20H2,1-2H3. The summed E-state index contributed by atoms with van der Waals surface area (Å²) in [5, 5.41) is 3.58. The Bertz CT molecular complexity index is 1320. The summed E-state index contributed by atoms with van der Waals surface area (Å²) in [6.07, 6.45) is -0.332. The molecule has 1 amide bonds. The molecule has 0 fully saturated rings. The van der Waals surface area contributed by atoms with Gasteiger partial charge in [0.25, 0.3) is 5.91 Å². The monoisotopic (exact) mass is 464 g/mol. The van der Waals surface area contributed by atoms with Crippen LogP contribution < -0.4 is 14.8 Å². The van der Waals surface area contributed by atoms with Crippen molar-refractivity contribution in [1.29, 1.82) is 0 Å². The number of anilines is 1. The molecule has 1 aliphatic heterocycles. The number of fused-ring (bicyclic) bond motifs is 1. The molecular weight excluding hydrogens is 436 g/mol. The SMILES string of the molecule is COc1ccc(C2Nc3ccccc3C(=O)N2Cc2ccccc2)cc1COc1ccc(C)cc1. The maximum absolute atomic E-state index is 13.6. The van der Waals surface area contributed by atoms with E-state index in [1.807, 2.05) is 103 Å². The molecule has 5 nitrogen and oxygen atoms in total. The number of methoxy groups -OCH3 is 1. The van der Waals surface area contributed by atoms with Gasteiger partial charge in [-0.2, -0.15) is 0 Å². The highest BCUT2D eigenvalue weighted by Crippen LogP contribution is 2.36. The predicted octanol–water partition coefficient (Wildman–Crippen LogP) is 6.35. The average molecular weight is 465 g/mol. The van der Waals surface area contributed by atoms with Gasteiger partial charge in [-0.3, -0.25) is 4.79 Å². The van der Waals surface area contributed by atoms with Crippen molar-refractivity contribution in [2.45, 2.75) is 26.2 Å². The number of hydrogen-bond acceptors (Lipinski definition) is 4. The van der Waals surface area contributed by atoms with Crippen LogP contribution in [-0.4, -0.2) is 17.9 Å². The molecule has 0 spiro atoms. The topological polar surface area (TPSA) is 50.8 Å². The van der Waals surface area contributed by atoms with Crippen molar-refractivity contribution in [1.82, 2.24) is 4.90 Å². The molecule has 1 heterocycles. The zero-order valence-electron chi connectivity index (χ0n) is 19.9. The molecular formula is C30H28N2O3. The third kappa shape index (κ3) is 4.85. The Morgan fingerprint density at radius 3 is 2.40 bits per heavy atom. The van der Waals surface area contributed by atoms with Crippen LogP contribution in [0.25, 0.3) is 0 Å². The molecule has 0 aromatic heterocycles. The van der Waals surface area contributed by atoms with E-state index in [0.29, 0.717) is 18.7 Å². The van der Waals surface area contributed by atoms with E-state index in [0.717, 1.165) is 33.9 Å². The van der Waals surface area contributed by atoms with E-state index in [1.165, 1.54) is 5.56 Å². The normalized spacial score (nSPS) is 14.7. The summed E-state index contributed by atoms with van der Waals surface area (Å²) in [6, 6.07) is 31.7. The summed E-state index contributed by atoms with van der Waals surface area (Å²) >= 11 is 0. The lowest BCUT2D eigenvalue weighted by Gasteiger charge is -2.38. The molecule has 176 valence electrons. The summed E-state index contributed by atoms with van der Waals surface area (Å²) < 4.78 is 11.7. The second kappa shape index (κ2) is 9.94. The molecule has 0 radical (unpaired) electrons. The van der Waals surface area contributed by atoms with Gasteiger partial charge in [0.2, 0.25) is 0 Å². The van der Waals surface area contributed by atoms with Crippen LogP contribution >= 0.6 is 0 Å². The molecule has 1 N–H and O–H groups in total. The van der Waals surface area contributed by atoms with Crippen molar-refractivity contribution in [3.63, 3.8) is 0 Å². The summed E-state index contributed by atoms with van der Waals surface area (Å²) in [4.78, 5) is 15.5. The highest BCUT2D eigenvalue weighted by Gasteiger charge is 2.33. The lowest BCUT2D eigenvalue weighted by molar-refractivity contribution is 0.0666. The second-order valence-electron chi connectivity index (χ2n) is 8.68. The molecule has 5 rings (SSSR count). The van der Waals surface area contributed by atoms with E-state index >= 15 is 0 Å². The van der Waals surface area contributed by atoms with Gasteiger partial charge in [0, 0.05) is 17.8 Å².